The summed E-state index contributed by atoms with van der Waals surface area (Å²) in [4.78, 5) is 16.0. The molecule has 0 aliphatic carbocycles. The Kier molecular flexibility index (Phi) is 2.75. The van der Waals surface area contributed by atoms with Crippen LogP contribution < -0.4 is 5.32 Å². The Labute approximate surface area is 95.2 Å². The van der Waals surface area contributed by atoms with Crippen LogP contribution in [0.1, 0.15) is 5.69 Å². The Hall–Kier alpha value is -1.33. The van der Waals surface area contributed by atoms with Crippen LogP contribution in [0.3, 0.4) is 0 Å². The van der Waals surface area contributed by atoms with Crippen LogP contribution in [0, 0.1) is 0 Å². The summed E-state index contributed by atoms with van der Waals surface area (Å²) in [5, 5.41) is 4.81. The van der Waals surface area contributed by atoms with Crippen molar-refractivity contribution < 1.29 is 4.79 Å². The van der Waals surface area contributed by atoms with Crippen molar-refractivity contribution in [3.63, 3.8) is 0 Å². The third kappa shape index (κ3) is 1.88. The van der Waals surface area contributed by atoms with Crippen LogP contribution in [0.5, 0.6) is 0 Å². The lowest BCUT2D eigenvalue weighted by Crippen LogP contribution is -2.13. The Morgan fingerprint density at radius 3 is 3.27 bits per heavy atom. The number of nitrogens with one attached hydrogen (secondary N) is 1. The fourth-order valence-corrected chi connectivity index (χ4v) is 2.17. The molecule has 0 spiro atoms. The van der Waals surface area contributed by atoms with Crippen LogP contribution in [0.4, 0.5) is 0 Å². The number of halogens is 1. The highest BCUT2D eigenvalue weighted by Gasteiger charge is 2.08. The normalized spacial score (nSPS) is 11.3. The van der Waals surface area contributed by atoms with E-state index in [-0.39, 0.29) is 5.91 Å². The van der Waals surface area contributed by atoms with Gasteiger partial charge in [0.1, 0.15) is 0 Å². The Bertz CT molecular complexity index is 528. The predicted molar refractivity (Wildman–Crippen MR) is 61.2 cm³/mol. The number of amides is 1. The van der Waals surface area contributed by atoms with E-state index in [4.69, 9.17) is 11.6 Å². The van der Waals surface area contributed by atoms with E-state index in [1.165, 1.54) is 17.4 Å². The smallest absolute Gasteiger partial charge is 0.243 e. The number of hydrogen-bond acceptors (Lipinski definition) is 3. The van der Waals surface area contributed by atoms with Gasteiger partial charge in [-0.3, -0.25) is 9.20 Å². The summed E-state index contributed by atoms with van der Waals surface area (Å²) in [7, 11) is 1.57. The largest absolute Gasteiger partial charge is 0.356 e. The summed E-state index contributed by atoms with van der Waals surface area (Å²) in [5.74, 6) is -0.170. The van der Waals surface area contributed by atoms with Gasteiger partial charge in [0.25, 0.3) is 0 Å². The molecule has 0 atom stereocenters. The second kappa shape index (κ2) is 4.04. The van der Waals surface area contributed by atoms with Crippen molar-refractivity contribution in [2.75, 3.05) is 7.05 Å². The van der Waals surface area contributed by atoms with E-state index in [0.717, 1.165) is 10.7 Å². The van der Waals surface area contributed by atoms with Crippen LogP contribution >= 0.6 is 22.9 Å². The van der Waals surface area contributed by atoms with E-state index in [9.17, 15) is 4.79 Å². The van der Waals surface area contributed by atoms with Gasteiger partial charge in [-0.1, -0.05) is 11.6 Å². The van der Waals surface area contributed by atoms with Crippen LogP contribution in [0.2, 0.25) is 5.15 Å². The van der Waals surface area contributed by atoms with Gasteiger partial charge in [-0.2, -0.15) is 0 Å². The molecular weight excluding hydrogens is 234 g/mol. The van der Waals surface area contributed by atoms with Crippen molar-refractivity contribution in [1.29, 1.82) is 0 Å². The molecule has 0 aromatic carbocycles. The third-order valence-corrected chi connectivity index (χ3v) is 2.93. The summed E-state index contributed by atoms with van der Waals surface area (Å²) in [6.07, 6.45) is 4.93. The molecule has 2 heterocycles. The van der Waals surface area contributed by atoms with Gasteiger partial charge in [0.15, 0.2) is 10.1 Å². The summed E-state index contributed by atoms with van der Waals surface area (Å²) in [6, 6.07) is 0. The number of thiazole rings is 1. The Morgan fingerprint density at radius 2 is 2.53 bits per heavy atom. The minimum Gasteiger partial charge on any atom is -0.356 e. The maximum atomic E-state index is 11.0. The fourth-order valence-electron chi connectivity index (χ4n) is 1.16. The van der Waals surface area contributed by atoms with Crippen molar-refractivity contribution in [3.8, 4) is 0 Å². The lowest BCUT2D eigenvalue weighted by molar-refractivity contribution is -0.115. The summed E-state index contributed by atoms with van der Waals surface area (Å²) in [5.41, 5.74) is 0.719. The Morgan fingerprint density at radius 1 is 1.73 bits per heavy atom. The van der Waals surface area contributed by atoms with Crippen molar-refractivity contribution in [2.45, 2.75) is 0 Å². The zero-order valence-electron chi connectivity index (χ0n) is 7.90. The molecule has 0 aliphatic heterocycles. The van der Waals surface area contributed by atoms with Crippen molar-refractivity contribution >= 4 is 39.9 Å². The first-order chi connectivity index (χ1) is 7.22. The van der Waals surface area contributed by atoms with Crippen LogP contribution in [0.25, 0.3) is 11.0 Å². The molecule has 0 fully saturated rings. The second-order valence-corrected chi connectivity index (χ2v) is 4.02. The van der Waals surface area contributed by atoms with Crippen LogP contribution in [0.15, 0.2) is 17.7 Å². The highest BCUT2D eigenvalue weighted by atomic mass is 35.5. The zero-order valence-corrected chi connectivity index (χ0v) is 9.47. The lowest BCUT2D eigenvalue weighted by atomic mass is 10.4. The lowest BCUT2D eigenvalue weighted by Gasteiger charge is -1.92. The number of carbonyl (C=O) groups excluding carboxylic acids is 1. The molecular formula is C9H8ClN3OS. The number of fused-ring (bicyclic) bond motifs is 1. The monoisotopic (exact) mass is 241 g/mol. The zero-order chi connectivity index (χ0) is 10.8. The van der Waals surface area contributed by atoms with E-state index < -0.39 is 0 Å². The predicted octanol–water partition coefficient (Wildman–Crippen LogP) is 1.81. The van der Waals surface area contributed by atoms with Crippen molar-refractivity contribution in [3.05, 3.63) is 28.5 Å². The second-order valence-electron chi connectivity index (χ2n) is 2.79. The average Bonchev–Trinajstić information content (AvgIpc) is 2.75. The number of likely N-dealkylation sites (N-methyl/N-ethyl adjacent to an activating group) is 1. The molecule has 0 bridgehead atoms. The maximum absolute atomic E-state index is 11.0. The summed E-state index contributed by atoms with van der Waals surface area (Å²) in [6.45, 7) is 0. The van der Waals surface area contributed by atoms with E-state index in [2.05, 4.69) is 10.3 Å². The van der Waals surface area contributed by atoms with Gasteiger partial charge in [-0.05, 0) is 6.08 Å². The SMILES string of the molecule is CNC(=O)C=Cc1c(Cl)nc2sccn12. The molecule has 0 radical (unpaired) electrons. The molecule has 6 heteroatoms. The van der Waals surface area contributed by atoms with Gasteiger partial charge in [0, 0.05) is 24.7 Å². The molecule has 78 valence electrons. The van der Waals surface area contributed by atoms with Gasteiger partial charge in [0.2, 0.25) is 5.91 Å². The highest BCUT2D eigenvalue weighted by molar-refractivity contribution is 7.15. The first-order valence-corrected chi connectivity index (χ1v) is 5.49. The number of rotatable bonds is 2. The molecule has 15 heavy (non-hydrogen) atoms. The maximum Gasteiger partial charge on any atom is 0.243 e. The van der Waals surface area contributed by atoms with Gasteiger partial charge in [-0.25, -0.2) is 4.98 Å². The van der Waals surface area contributed by atoms with Crippen LogP contribution in [-0.4, -0.2) is 22.3 Å². The standard InChI is InChI=1S/C9H8ClN3OS/c1-11-7(14)3-2-6-8(10)12-9-13(6)4-5-15-9/h2-5H,1H3,(H,11,14). The minimum atomic E-state index is -0.170. The highest BCUT2D eigenvalue weighted by Crippen LogP contribution is 2.22. The molecule has 0 saturated heterocycles. The van der Waals surface area contributed by atoms with Crippen molar-refractivity contribution in [1.82, 2.24) is 14.7 Å². The van der Waals surface area contributed by atoms with Crippen molar-refractivity contribution in [2.24, 2.45) is 0 Å². The molecule has 2 aromatic heterocycles. The first-order valence-electron chi connectivity index (χ1n) is 4.23. The van der Waals surface area contributed by atoms with Gasteiger partial charge < -0.3 is 5.32 Å². The van der Waals surface area contributed by atoms with Crippen LogP contribution in [-0.2, 0) is 4.79 Å². The van der Waals surface area contributed by atoms with E-state index in [0.29, 0.717) is 5.15 Å². The first kappa shape index (κ1) is 10.2. The summed E-state index contributed by atoms with van der Waals surface area (Å²) < 4.78 is 1.84. The molecule has 1 amide bonds. The number of carbonyl (C=O) groups is 1. The molecule has 0 unspecified atom stereocenters. The minimum absolute atomic E-state index is 0.170. The molecule has 0 saturated carbocycles. The van der Waals surface area contributed by atoms with E-state index >= 15 is 0 Å². The number of imidazole rings is 1. The molecule has 2 rings (SSSR count). The average molecular weight is 242 g/mol. The molecule has 0 aliphatic rings. The van der Waals surface area contributed by atoms with Gasteiger partial charge in [-0.15, -0.1) is 11.3 Å². The number of aromatic nitrogens is 2. The van der Waals surface area contributed by atoms with Gasteiger partial charge in [0.05, 0.1) is 5.69 Å². The fraction of sp³-hybridized carbons (Fsp3) is 0.111. The molecule has 2 aromatic rings. The quantitative estimate of drug-likeness (QED) is 0.816. The summed E-state index contributed by atoms with van der Waals surface area (Å²) >= 11 is 7.42. The van der Waals surface area contributed by atoms with E-state index in [1.54, 1.807) is 13.1 Å². The number of hydrogen-bond donors (Lipinski definition) is 1. The van der Waals surface area contributed by atoms with Gasteiger partial charge >= 0.3 is 0 Å². The molecule has 4 nitrogen and oxygen atoms in total. The topological polar surface area (TPSA) is 46.4 Å². The number of nitrogens with zero attached hydrogens (tertiary/aromatic N) is 2. The Balaban J connectivity index is 2.41. The third-order valence-electron chi connectivity index (χ3n) is 1.89. The molecule has 1 N–H and O–H groups in total. The van der Waals surface area contributed by atoms with E-state index in [1.807, 2.05) is 16.0 Å².